The lowest BCUT2D eigenvalue weighted by Gasteiger charge is -1.96. The molecular formula is C12H10ClNS2. The van der Waals surface area contributed by atoms with Crippen LogP contribution < -0.4 is 0 Å². The second-order valence-electron chi connectivity index (χ2n) is 3.11. The van der Waals surface area contributed by atoms with Crippen LogP contribution in [0.3, 0.4) is 0 Å². The number of hydrogen-bond acceptors (Lipinski definition) is 3. The van der Waals surface area contributed by atoms with Crippen molar-refractivity contribution in [2.45, 2.75) is 4.34 Å². The largest absolute Gasteiger partial charge is 0.230 e. The molecule has 2 aromatic rings. The first kappa shape index (κ1) is 11.7. The molecule has 16 heavy (non-hydrogen) atoms. The molecule has 0 aliphatic heterocycles. The fourth-order valence-corrected chi connectivity index (χ4v) is 2.93. The summed E-state index contributed by atoms with van der Waals surface area (Å²) in [6.45, 7) is 3.69. The van der Waals surface area contributed by atoms with Crippen LogP contribution in [0.5, 0.6) is 0 Å². The first-order valence-corrected chi connectivity index (χ1v) is 6.99. The van der Waals surface area contributed by atoms with Crippen molar-refractivity contribution in [3.8, 4) is 11.3 Å². The first-order chi connectivity index (χ1) is 7.79. The summed E-state index contributed by atoms with van der Waals surface area (Å²) in [4.78, 5) is 4.54. The van der Waals surface area contributed by atoms with E-state index in [2.05, 4.69) is 16.9 Å². The Kier molecular flexibility index (Phi) is 4.04. The summed E-state index contributed by atoms with van der Waals surface area (Å²) in [5, 5.41) is 2.81. The van der Waals surface area contributed by atoms with Crippen molar-refractivity contribution in [2.24, 2.45) is 0 Å². The quantitative estimate of drug-likeness (QED) is 0.586. The number of hydrogen-bond donors (Lipinski definition) is 0. The van der Waals surface area contributed by atoms with Gasteiger partial charge >= 0.3 is 0 Å². The van der Waals surface area contributed by atoms with Gasteiger partial charge in [-0.2, -0.15) is 0 Å². The smallest absolute Gasteiger partial charge is 0.150 e. The van der Waals surface area contributed by atoms with Gasteiger partial charge in [0.2, 0.25) is 0 Å². The van der Waals surface area contributed by atoms with Gasteiger partial charge in [-0.1, -0.05) is 41.6 Å². The van der Waals surface area contributed by atoms with Crippen LogP contribution >= 0.6 is 34.7 Å². The average molecular weight is 268 g/mol. The fraction of sp³-hybridized carbons (Fsp3) is 0.0833. The van der Waals surface area contributed by atoms with Crippen LogP contribution in [0.15, 0.2) is 46.6 Å². The Bertz CT molecular complexity index is 476. The number of aromatic nitrogens is 1. The Balaban J connectivity index is 2.17. The van der Waals surface area contributed by atoms with E-state index in [-0.39, 0.29) is 0 Å². The third kappa shape index (κ3) is 2.88. The van der Waals surface area contributed by atoms with E-state index in [4.69, 9.17) is 11.6 Å². The summed E-state index contributed by atoms with van der Waals surface area (Å²) in [5.41, 5.74) is 2.11. The number of benzene rings is 1. The Morgan fingerprint density at radius 2 is 2.12 bits per heavy atom. The van der Waals surface area contributed by atoms with Crippen LogP contribution in [0.25, 0.3) is 11.3 Å². The van der Waals surface area contributed by atoms with Crippen LogP contribution in [-0.2, 0) is 0 Å². The van der Waals surface area contributed by atoms with Crippen LogP contribution in [0.4, 0.5) is 0 Å². The highest BCUT2D eigenvalue weighted by molar-refractivity contribution is 8.01. The first-order valence-electron chi connectivity index (χ1n) is 4.75. The molecule has 0 atom stereocenters. The molecular weight excluding hydrogens is 258 g/mol. The molecule has 0 aliphatic carbocycles. The van der Waals surface area contributed by atoms with Crippen molar-refractivity contribution >= 4 is 34.7 Å². The lowest BCUT2D eigenvalue weighted by molar-refractivity contribution is 1.25. The molecule has 0 unspecified atom stereocenters. The Labute approximate surface area is 108 Å². The third-order valence-corrected chi connectivity index (χ3v) is 4.22. The minimum Gasteiger partial charge on any atom is -0.230 e. The maximum atomic E-state index is 5.84. The van der Waals surface area contributed by atoms with E-state index in [1.165, 1.54) is 0 Å². The highest BCUT2D eigenvalue weighted by Gasteiger charge is 2.04. The summed E-state index contributed by atoms with van der Waals surface area (Å²) >= 11 is 9.20. The predicted octanol–water partition coefficient (Wildman–Crippen LogP) is 4.74. The van der Waals surface area contributed by atoms with E-state index in [9.17, 15) is 0 Å². The molecule has 0 saturated heterocycles. The van der Waals surface area contributed by atoms with Crippen molar-refractivity contribution in [2.75, 3.05) is 5.75 Å². The molecule has 4 heteroatoms. The zero-order valence-electron chi connectivity index (χ0n) is 8.52. The summed E-state index contributed by atoms with van der Waals surface area (Å²) in [6.07, 6.45) is 1.88. The van der Waals surface area contributed by atoms with Crippen LogP contribution in [0.2, 0.25) is 5.02 Å². The lowest BCUT2D eigenvalue weighted by Crippen LogP contribution is -1.77. The van der Waals surface area contributed by atoms with Crippen molar-refractivity contribution in [1.82, 2.24) is 4.98 Å². The molecule has 0 spiro atoms. The Morgan fingerprint density at radius 3 is 2.81 bits per heavy atom. The number of thiazole rings is 1. The second kappa shape index (κ2) is 5.53. The number of rotatable bonds is 4. The van der Waals surface area contributed by atoms with Crippen LogP contribution in [0.1, 0.15) is 0 Å². The van der Waals surface area contributed by atoms with Crippen LogP contribution in [0, 0.1) is 0 Å². The van der Waals surface area contributed by atoms with Gasteiger partial charge in [-0.25, -0.2) is 4.98 Å². The van der Waals surface area contributed by atoms with Gasteiger partial charge < -0.3 is 0 Å². The molecule has 0 amide bonds. The van der Waals surface area contributed by atoms with Gasteiger partial charge in [-0.3, -0.25) is 0 Å². The summed E-state index contributed by atoms with van der Waals surface area (Å²) in [6, 6.07) is 7.73. The summed E-state index contributed by atoms with van der Waals surface area (Å²) in [7, 11) is 0. The minimum absolute atomic E-state index is 0.750. The molecule has 1 aromatic heterocycles. The average Bonchev–Trinajstić information content (AvgIpc) is 2.76. The van der Waals surface area contributed by atoms with E-state index in [1.54, 1.807) is 23.1 Å². The number of halogens is 1. The van der Waals surface area contributed by atoms with Gasteiger partial charge in [-0.15, -0.1) is 17.9 Å². The molecule has 0 N–H and O–H groups in total. The SMILES string of the molecule is C=CCSc1nc(-c2ccc(Cl)cc2)cs1. The normalized spacial score (nSPS) is 10.3. The molecule has 0 bridgehead atoms. The molecule has 1 nitrogen and oxygen atoms in total. The zero-order chi connectivity index (χ0) is 11.4. The second-order valence-corrected chi connectivity index (χ2v) is 5.67. The van der Waals surface area contributed by atoms with Gasteiger partial charge in [-0.05, 0) is 12.1 Å². The monoisotopic (exact) mass is 267 g/mol. The third-order valence-electron chi connectivity index (χ3n) is 1.95. The molecule has 2 rings (SSSR count). The van der Waals surface area contributed by atoms with Gasteiger partial charge in [0.15, 0.2) is 4.34 Å². The zero-order valence-corrected chi connectivity index (χ0v) is 10.9. The Morgan fingerprint density at radius 1 is 1.38 bits per heavy atom. The topological polar surface area (TPSA) is 12.9 Å². The van der Waals surface area contributed by atoms with Crippen molar-refractivity contribution < 1.29 is 0 Å². The van der Waals surface area contributed by atoms with E-state index in [1.807, 2.05) is 30.3 Å². The highest BCUT2D eigenvalue weighted by atomic mass is 35.5. The summed E-state index contributed by atoms with van der Waals surface area (Å²) < 4.78 is 1.07. The molecule has 1 heterocycles. The van der Waals surface area contributed by atoms with Gasteiger partial charge in [0.1, 0.15) is 0 Å². The maximum absolute atomic E-state index is 5.84. The number of nitrogens with zero attached hydrogens (tertiary/aromatic N) is 1. The molecule has 0 fully saturated rings. The lowest BCUT2D eigenvalue weighted by atomic mass is 10.2. The minimum atomic E-state index is 0.750. The van der Waals surface area contributed by atoms with Crippen molar-refractivity contribution in [1.29, 1.82) is 0 Å². The van der Waals surface area contributed by atoms with E-state index in [0.29, 0.717) is 0 Å². The number of thioether (sulfide) groups is 1. The highest BCUT2D eigenvalue weighted by Crippen LogP contribution is 2.28. The van der Waals surface area contributed by atoms with Crippen LogP contribution in [-0.4, -0.2) is 10.7 Å². The van der Waals surface area contributed by atoms with Crippen molar-refractivity contribution in [3.05, 3.63) is 47.3 Å². The maximum Gasteiger partial charge on any atom is 0.150 e. The van der Waals surface area contributed by atoms with E-state index >= 15 is 0 Å². The molecule has 0 aliphatic rings. The molecule has 0 saturated carbocycles. The predicted molar refractivity (Wildman–Crippen MR) is 73.5 cm³/mol. The molecule has 1 aromatic carbocycles. The standard InChI is InChI=1S/C12H10ClNS2/c1-2-7-15-12-14-11(8-16-12)9-3-5-10(13)6-4-9/h2-6,8H,1,7H2. The van der Waals surface area contributed by atoms with Gasteiger partial charge in [0.25, 0.3) is 0 Å². The fourth-order valence-electron chi connectivity index (χ4n) is 1.21. The summed E-state index contributed by atoms with van der Waals surface area (Å²) in [5.74, 6) is 0.896. The van der Waals surface area contributed by atoms with Crippen molar-refractivity contribution in [3.63, 3.8) is 0 Å². The van der Waals surface area contributed by atoms with Gasteiger partial charge in [0, 0.05) is 21.7 Å². The molecule has 82 valence electrons. The van der Waals surface area contributed by atoms with Gasteiger partial charge in [0.05, 0.1) is 5.69 Å². The molecule has 0 radical (unpaired) electrons. The van der Waals surface area contributed by atoms with E-state index < -0.39 is 0 Å². The van der Waals surface area contributed by atoms with E-state index in [0.717, 1.165) is 26.4 Å². The Hall–Kier alpha value is -0.770.